The molecule has 0 radical (unpaired) electrons. The number of sulfonamides is 1. The summed E-state index contributed by atoms with van der Waals surface area (Å²) in [6.45, 7) is 0.332. The van der Waals surface area contributed by atoms with Crippen molar-refractivity contribution in [2.24, 2.45) is 0 Å². The first-order valence-electron chi connectivity index (χ1n) is 10.9. The molecule has 3 aliphatic rings. The average Bonchev–Trinajstić information content (AvgIpc) is 3.49. The van der Waals surface area contributed by atoms with Crippen LogP contribution in [0.3, 0.4) is 0 Å². The SMILES string of the molecule is CS(=O)(=O)N1CC(CC#N)(n2ncc(-c3cc(-c4c[nH]c5nccc-5c4)cc4ncccc34)n2)C1. The standard InChI is InChI=1S/C24H20N8O2S/c1-35(33,34)31-14-24(15-31,5-6-25)32-29-13-22(30-32)20-10-17(11-21-19(20)3-2-7-26-21)18-9-16-4-8-27-23(16)28-12-18/h2-4,7-13H,5,14-15H2,1H3,(H,27,28). The summed E-state index contributed by atoms with van der Waals surface area (Å²) in [6, 6.07) is 14.1. The van der Waals surface area contributed by atoms with Crippen LogP contribution in [0.25, 0.3) is 44.7 Å². The van der Waals surface area contributed by atoms with E-state index in [1.165, 1.54) is 9.10 Å². The number of nitrogens with one attached hydrogen (secondary N) is 1. The van der Waals surface area contributed by atoms with Gasteiger partial charge in [-0.1, -0.05) is 6.07 Å². The first kappa shape index (κ1) is 21.4. The largest absolute Gasteiger partial charge is 0.346 e. The smallest absolute Gasteiger partial charge is 0.211 e. The summed E-state index contributed by atoms with van der Waals surface area (Å²) >= 11 is 0. The molecule has 0 saturated carbocycles. The van der Waals surface area contributed by atoms with Crippen molar-refractivity contribution in [1.29, 1.82) is 5.26 Å². The molecule has 11 heteroatoms. The molecule has 0 spiro atoms. The topological polar surface area (TPSA) is 133 Å². The average molecular weight is 485 g/mol. The summed E-state index contributed by atoms with van der Waals surface area (Å²) in [5.41, 5.74) is 4.45. The molecule has 6 rings (SSSR count). The number of nitrogens with zero attached hydrogens (tertiary/aromatic N) is 7. The van der Waals surface area contributed by atoms with Gasteiger partial charge in [0.25, 0.3) is 0 Å². The Morgan fingerprint density at radius 2 is 1.97 bits per heavy atom. The van der Waals surface area contributed by atoms with Gasteiger partial charge in [0.2, 0.25) is 10.0 Å². The minimum absolute atomic E-state index is 0.110. The molecule has 1 fully saturated rings. The van der Waals surface area contributed by atoms with Crippen LogP contribution in [-0.2, 0) is 15.6 Å². The number of rotatable bonds is 5. The van der Waals surface area contributed by atoms with Crippen LogP contribution in [0.15, 0.2) is 61.2 Å². The molecule has 2 aromatic heterocycles. The van der Waals surface area contributed by atoms with Gasteiger partial charge in [0.15, 0.2) is 0 Å². The lowest BCUT2D eigenvalue weighted by atomic mass is 9.90. The molecule has 0 atom stereocenters. The molecule has 0 aliphatic carbocycles. The highest BCUT2D eigenvalue weighted by Gasteiger charge is 2.50. The lowest BCUT2D eigenvalue weighted by Crippen LogP contribution is -2.64. The third-order valence-electron chi connectivity index (χ3n) is 6.47. The molecule has 174 valence electrons. The van der Waals surface area contributed by atoms with Crippen molar-refractivity contribution in [2.75, 3.05) is 19.3 Å². The molecule has 35 heavy (non-hydrogen) atoms. The number of fused-ring (bicyclic) bond motifs is 2. The molecule has 1 aromatic carbocycles. The Morgan fingerprint density at radius 1 is 1.11 bits per heavy atom. The van der Waals surface area contributed by atoms with E-state index in [1.54, 1.807) is 18.6 Å². The molecule has 3 aromatic rings. The summed E-state index contributed by atoms with van der Waals surface area (Å²) in [5.74, 6) is 0.822. The summed E-state index contributed by atoms with van der Waals surface area (Å²) in [6.07, 6.45) is 8.35. The second kappa shape index (κ2) is 7.69. The normalized spacial score (nSPS) is 15.8. The first-order valence-corrected chi connectivity index (χ1v) is 12.8. The van der Waals surface area contributed by atoms with E-state index in [0.29, 0.717) is 5.69 Å². The molecule has 10 nitrogen and oxygen atoms in total. The number of aromatic nitrogens is 6. The molecule has 1 saturated heterocycles. The maximum atomic E-state index is 11.9. The minimum atomic E-state index is -3.35. The fraction of sp³-hybridized carbons (Fsp3) is 0.208. The summed E-state index contributed by atoms with van der Waals surface area (Å²) in [4.78, 5) is 13.6. The van der Waals surface area contributed by atoms with Gasteiger partial charge < -0.3 is 4.98 Å². The third-order valence-corrected chi connectivity index (χ3v) is 7.67. The van der Waals surface area contributed by atoms with E-state index < -0.39 is 15.6 Å². The van der Waals surface area contributed by atoms with E-state index >= 15 is 0 Å². The lowest BCUT2D eigenvalue weighted by molar-refractivity contribution is 0.0579. The van der Waals surface area contributed by atoms with Crippen LogP contribution in [-0.4, -0.2) is 62.0 Å². The maximum absolute atomic E-state index is 11.9. The van der Waals surface area contributed by atoms with Crippen LogP contribution in [0.5, 0.6) is 0 Å². The van der Waals surface area contributed by atoms with E-state index in [0.717, 1.165) is 45.2 Å². The van der Waals surface area contributed by atoms with Crippen molar-refractivity contribution < 1.29 is 8.42 Å². The van der Waals surface area contributed by atoms with Gasteiger partial charge in [-0.3, -0.25) is 4.98 Å². The lowest BCUT2D eigenvalue weighted by Gasteiger charge is -2.46. The fourth-order valence-corrected chi connectivity index (χ4v) is 5.53. The highest BCUT2D eigenvalue weighted by Crippen LogP contribution is 2.36. The Kier molecular flexibility index (Phi) is 4.70. The Labute approximate surface area is 201 Å². The van der Waals surface area contributed by atoms with Gasteiger partial charge in [-0.05, 0) is 41.5 Å². The van der Waals surface area contributed by atoms with Gasteiger partial charge in [0, 0.05) is 48.2 Å². The van der Waals surface area contributed by atoms with Crippen LogP contribution in [0, 0.1) is 11.3 Å². The van der Waals surface area contributed by atoms with E-state index in [9.17, 15) is 13.7 Å². The van der Waals surface area contributed by atoms with Gasteiger partial charge in [0.05, 0.1) is 30.5 Å². The molecular weight excluding hydrogens is 464 g/mol. The molecule has 3 aliphatic heterocycles. The zero-order valence-corrected chi connectivity index (χ0v) is 19.6. The Hall–Kier alpha value is -4.14. The first-order chi connectivity index (χ1) is 16.9. The van der Waals surface area contributed by atoms with Crippen LogP contribution in [0.4, 0.5) is 0 Å². The van der Waals surface area contributed by atoms with Gasteiger partial charge in [-0.15, -0.1) is 0 Å². The maximum Gasteiger partial charge on any atom is 0.211 e. The molecule has 1 N–H and O–H groups in total. The second-order valence-electron chi connectivity index (χ2n) is 8.84. The van der Waals surface area contributed by atoms with Crippen molar-refractivity contribution in [3.63, 3.8) is 0 Å². The Bertz CT molecular complexity index is 1690. The van der Waals surface area contributed by atoms with Gasteiger partial charge in [0.1, 0.15) is 17.1 Å². The molecule has 0 amide bonds. The van der Waals surface area contributed by atoms with E-state index in [-0.39, 0.29) is 19.5 Å². The van der Waals surface area contributed by atoms with Crippen molar-refractivity contribution in [3.05, 3.63) is 61.2 Å². The van der Waals surface area contributed by atoms with Crippen molar-refractivity contribution >= 4 is 20.9 Å². The number of hydrogen-bond acceptors (Lipinski definition) is 7. The number of hydrogen-bond donors (Lipinski definition) is 1. The molecular formula is C24H20N8O2S. The number of H-pyrrole nitrogens is 1. The van der Waals surface area contributed by atoms with Crippen LogP contribution >= 0.6 is 0 Å². The fourth-order valence-electron chi connectivity index (χ4n) is 4.58. The predicted octanol–water partition coefficient (Wildman–Crippen LogP) is 2.87. The van der Waals surface area contributed by atoms with Crippen molar-refractivity contribution in [3.8, 4) is 39.8 Å². The van der Waals surface area contributed by atoms with Gasteiger partial charge >= 0.3 is 0 Å². The number of benzene rings is 1. The number of aromatic amines is 1. The van der Waals surface area contributed by atoms with Gasteiger partial charge in [-0.25, -0.2) is 13.4 Å². The highest BCUT2D eigenvalue weighted by atomic mass is 32.2. The second-order valence-corrected chi connectivity index (χ2v) is 10.8. The summed E-state index contributed by atoms with van der Waals surface area (Å²) < 4.78 is 25.2. The summed E-state index contributed by atoms with van der Waals surface area (Å²) in [7, 11) is -3.35. The number of pyridine rings is 2. The van der Waals surface area contributed by atoms with Crippen molar-refractivity contribution in [2.45, 2.75) is 12.0 Å². The van der Waals surface area contributed by atoms with Crippen molar-refractivity contribution in [1.82, 2.24) is 34.3 Å². The zero-order chi connectivity index (χ0) is 24.2. The molecule has 5 heterocycles. The van der Waals surface area contributed by atoms with Crippen LogP contribution < -0.4 is 0 Å². The summed E-state index contributed by atoms with van der Waals surface area (Å²) in [5, 5.41) is 19.5. The van der Waals surface area contributed by atoms with Gasteiger partial charge in [-0.2, -0.15) is 24.6 Å². The van der Waals surface area contributed by atoms with E-state index in [1.807, 2.05) is 36.5 Å². The van der Waals surface area contributed by atoms with Crippen LogP contribution in [0.2, 0.25) is 0 Å². The minimum Gasteiger partial charge on any atom is -0.346 e. The molecule has 0 bridgehead atoms. The van der Waals surface area contributed by atoms with E-state index in [4.69, 9.17) is 5.10 Å². The predicted molar refractivity (Wildman–Crippen MR) is 130 cm³/mol. The number of nitriles is 1. The Balaban J connectivity index is 1.45. The quantitative estimate of drug-likeness (QED) is 0.405. The van der Waals surface area contributed by atoms with E-state index in [2.05, 4.69) is 32.2 Å². The highest BCUT2D eigenvalue weighted by molar-refractivity contribution is 7.88. The van der Waals surface area contributed by atoms with Crippen LogP contribution in [0.1, 0.15) is 6.42 Å². The monoisotopic (exact) mass is 484 g/mol. The third kappa shape index (κ3) is 3.54. The Morgan fingerprint density at radius 3 is 2.77 bits per heavy atom. The molecule has 0 unspecified atom stereocenters. The zero-order valence-electron chi connectivity index (χ0n) is 18.8.